The Kier molecular flexibility index (Phi) is 5.74. The van der Waals surface area contributed by atoms with E-state index in [1.54, 1.807) is 12.1 Å². The van der Waals surface area contributed by atoms with Gasteiger partial charge in [0.2, 0.25) is 15.9 Å². The molecule has 138 valence electrons. The lowest BCUT2D eigenvalue weighted by Gasteiger charge is -2.24. The van der Waals surface area contributed by atoms with Crippen molar-refractivity contribution in [2.75, 3.05) is 13.1 Å². The van der Waals surface area contributed by atoms with Crippen molar-refractivity contribution in [2.24, 2.45) is 0 Å². The zero-order valence-electron chi connectivity index (χ0n) is 14.9. The molecule has 0 unspecified atom stereocenters. The second-order valence-electron chi connectivity index (χ2n) is 6.43. The van der Waals surface area contributed by atoms with Crippen LogP contribution in [0, 0.1) is 0 Å². The van der Waals surface area contributed by atoms with E-state index in [-0.39, 0.29) is 10.8 Å². The summed E-state index contributed by atoms with van der Waals surface area (Å²) in [5.41, 5.74) is 1.51. The molecule has 3 rings (SSSR count). The molecule has 0 bridgehead atoms. The second-order valence-corrected chi connectivity index (χ2v) is 8.29. The molecule has 1 heterocycles. The highest BCUT2D eigenvalue weighted by Gasteiger charge is 2.40. The highest BCUT2D eigenvalue weighted by atomic mass is 32.2. The Balaban J connectivity index is 1.97. The Labute approximate surface area is 155 Å². The van der Waals surface area contributed by atoms with Crippen LogP contribution in [0.1, 0.15) is 26.2 Å². The summed E-state index contributed by atoms with van der Waals surface area (Å²) in [5, 5.41) is 2.83. The number of hydrogen-bond donors (Lipinski definition) is 1. The zero-order chi connectivity index (χ0) is 18.6. The van der Waals surface area contributed by atoms with Crippen molar-refractivity contribution < 1.29 is 13.2 Å². The molecule has 1 amide bonds. The molecule has 1 atom stereocenters. The maximum atomic E-state index is 13.4. The minimum atomic E-state index is -3.76. The summed E-state index contributed by atoms with van der Waals surface area (Å²) in [4.78, 5) is 12.7. The molecule has 0 aliphatic carbocycles. The van der Waals surface area contributed by atoms with E-state index in [9.17, 15) is 13.2 Å². The molecular weight excluding hydrogens is 348 g/mol. The molecule has 2 aromatic rings. The standard InChI is InChI=1S/C20H24N2O3S/c1-2-14-21-20(23)18-12-8-15-22(18)26(24,25)19-13-7-6-11-17(19)16-9-4-3-5-10-16/h3-7,9-11,13,18H,2,8,12,14-15H2,1H3,(H,21,23)/t18-/m0/s1. The van der Waals surface area contributed by atoms with Gasteiger partial charge in [0.05, 0.1) is 4.90 Å². The van der Waals surface area contributed by atoms with Gasteiger partial charge in [-0.25, -0.2) is 8.42 Å². The van der Waals surface area contributed by atoms with Crippen LogP contribution in [-0.2, 0) is 14.8 Å². The van der Waals surface area contributed by atoms with E-state index in [2.05, 4.69) is 5.32 Å². The molecule has 1 saturated heterocycles. The van der Waals surface area contributed by atoms with Crippen molar-refractivity contribution in [1.82, 2.24) is 9.62 Å². The Bertz CT molecular complexity index is 866. The van der Waals surface area contributed by atoms with Crippen molar-refractivity contribution in [2.45, 2.75) is 37.1 Å². The average Bonchev–Trinajstić information content (AvgIpc) is 3.18. The molecule has 1 aliphatic heterocycles. The molecule has 26 heavy (non-hydrogen) atoms. The summed E-state index contributed by atoms with van der Waals surface area (Å²) in [6, 6.07) is 15.8. The second kappa shape index (κ2) is 8.01. The first-order valence-corrected chi connectivity index (χ1v) is 10.4. The fourth-order valence-electron chi connectivity index (χ4n) is 3.33. The lowest BCUT2D eigenvalue weighted by Crippen LogP contribution is -2.46. The Morgan fingerprint density at radius 3 is 2.54 bits per heavy atom. The van der Waals surface area contributed by atoms with Crippen molar-refractivity contribution in [3.05, 3.63) is 54.6 Å². The summed E-state index contributed by atoms with van der Waals surface area (Å²) in [6.07, 6.45) is 2.07. The average molecular weight is 372 g/mol. The molecule has 1 N–H and O–H groups in total. The predicted octanol–water partition coefficient (Wildman–Crippen LogP) is 3.03. The van der Waals surface area contributed by atoms with Gasteiger partial charge in [-0.15, -0.1) is 0 Å². The summed E-state index contributed by atoms with van der Waals surface area (Å²) in [6.45, 7) is 2.90. The van der Waals surface area contributed by atoms with Crippen LogP contribution in [0.5, 0.6) is 0 Å². The monoisotopic (exact) mass is 372 g/mol. The third kappa shape index (κ3) is 3.66. The minimum Gasteiger partial charge on any atom is -0.355 e. The third-order valence-electron chi connectivity index (χ3n) is 4.61. The topological polar surface area (TPSA) is 66.5 Å². The first-order chi connectivity index (χ1) is 12.6. The summed E-state index contributed by atoms with van der Waals surface area (Å²) < 4.78 is 28.1. The van der Waals surface area contributed by atoms with Crippen molar-refractivity contribution in [1.29, 1.82) is 0 Å². The van der Waals surface area contributed by atoms with Crippen LogP contribution in [0.4, 0.5) is 0 Å². The van der Waals surface area contributed by atoms with E-state index < -0.39 is 16.1 Å². The lowest BCUT2D eigenvalue weighted by molar-refractivity contribution is -0.124. The lowest BCUT2D eigenvalue weighted by atomic mass is 10.1. The molecule has 0 spiro atoms. The first-order valence-electron chi connectivity index (χ1n) is 8.99. The molecular formula is C20H24N2O3S. The van der Waals surface area contributed by atoms with Crippen LogP contribution < -0.4 is 5.32 Å². The Hall–Kier alpha value is -2.18. The molecule has 6 heteroatoms. The predicted molar refractivity (Wildman–Crippen MR) is 102 cm³/mol. The highest BCUT2D eigenvalue weighted by molar-refractivity contribution is 7.89. The zero-order valence-corrected chi connectivity index (χ0v) is 15.7. The molecule has 0 aromatic heterocycles. The smallest absolute Gasteiger partial charge is 0.244 e. The Morgan fingerprint density at radius 1 is 1.12 bits per heavy atom. The maximum absolute atomic E-state index is 13.4. The fraction of sp³-hybridized carbons (Fsp3) is 0.350. The normalized spacial score (nSPS) is 18.0. The number of rotatable bonds is 6. The first kappa shape index (κ1) is 18.6. The van der Waals surface area contributed by atoms with Gasteiger partial charge < -0.3 is 5.32 Å². The number of nitrogens with zero attached hydrogens (tertiary/aromatic N) is 1. The SMILES string of the molecule is CCCNC(=O)[C@@H]1CCCN1S(=O)(=O)c1ccccc1-c1ccccc1. The van der Waals surface area contributed by atoms with E-state index in [1.807, 2.05) is 49.4 Å². The quantitative estimate of drug-likeness (QED) is 0.848. The summed E-state index contributed by atoms with van der Waals surface area (Å²) >= 11 is 0. The largest absolute Gasteiger partial charge is 0.355 e. The van der Waals surface area contributed by atoms with Crippen LogP contribution in [0.3, 0.4) is 0 Å². The van der Waals surface area contributed by atoms with Crippen LogP contribution in [0.15, 0.2) is 59.5 Å². The van der Waals surface area contributed by atoms with E-state index in [4.69, 9.17) is 0 Å². The molecule has 2 aromatic carbocycles. The van der Waals surface area contributed by atoms with Gasteiger partial charge >= 0.3 is 0 Å². The van der Waals surface area contributed by atoms with Gasteiger partial charge in [0.15, 0.2) is 0 Å². The molecule has 0 radical (unpaired) electrons. The van der Waals surface area contributed by atoms with E-state index >= 15 is 0 Å². The molecule has 0 saturated carbocycles. The summed E-state index contributed by atoms with van der Waals surface area (Å²) in [7, 11) is -3.76. The third-order valence-corrected chi connectivity index (χ3v) is 6.58. The van der Waals surface area contributed by atoms with Gasteiger partial charge in [-0.3, -0.25) is 4.79 Å². The number of hydrogen-bond acceptors (Lipinski definition) is 3. The van der Waals surface area contributed by atoms with Crippen LogP contribution in [0.2, 0.25) is 0 Å². The number of carbonyl (C=O) groups excluding carboxylic acids is 1. The molecule has 1 fully saturated rings. The number of benzene rings is 2. The van der Waals surface area contributed by atoms with Crippen LogP contribution in [0.25, 0.3) is 11.1 Å². The summed E-state index contributed by atoms with van der Waals surface area (Å²) in [5.74, 6) is -0.204. The number of sulfonamides is 1. The van der Waals surface area contributed by atoms with Gasteiger partial charge in [-0.05, 0) is 30.9 Å². The Morgan fingerprint density at radius 2 is 1.81 bits per heavy atom. The highest BCUT2D eigenvalue weighted by Crippen LogP contribution is 2.32. The fourth-order valence-corrected chi connectivity index (χ4v) is 5.20. The van der Waals surface area contributed by atoms with Crippen molar-refractivity contribution in [3.63, 3.8) is 0 Å². The van der Waals surface area contributed by atoms with Crippen LogP contribution >= 0.6 is 0 Å². The van der Waals surface area contributed by atoms with E-state index in [0.717, 1.165) is 12.0 Å². The van der Waals surface area contributed by atoms with Gasteiger partial charge in [-0.1, -0.05) is 55.5 Å². The molecule has 1 aliphatic rings. The van der Waals surface area contributed by atoms with Crippen LogP contribution in [-0.4, -0.2) is 37.8 Å². The van der Waals surface area contributed by atoms with Gasteiger partial charge in [0.25, 0.3) is 0 Å². The van der Waals surface area contributed by atoms with Crippen molar-refractivity contribution in [3.8, 4) is 11.1 Å². The maximum Gasteiger partial charge on any atom is 0.244 e. The molecule has 5 nitrogen and oxygen atoms in total. The number of carbonyl (C=O) groups is 1. The van der Waals surface area contributed by atoms with Gasteiger partial charge in [0.1, 0.15) is 6.04 Å². The minimum absolute atomic E-state index is 0.204. The van der Waals surface area contributed by atoms with Gasteiger partial charge in [0, 0.05) is 18.7 Å². The van der Waals surface area contributed by atoms with E-state index in [1.165, 1.54) is 4.31 Å². The number of amides is 1. The van der Waals surface area contributed by atoms with Crippen molar-refractivity contribution >= 4 is 15.9 Å². The van der Waals surface area contributed by atoms with Gasteiger partial charge in [-0.2, -0.15) is 4.31 Å². The number of nitrogens with one attached hydrogen (secondary N) is 1. The van der Waals surface area contributed by atoms with E-state index in [0.29, 0.717) is 31.5 Å².